The summed E-state index contributed by atoms with van der Waals surface area (Å²) in [6.07, 6.45) is 68.3. The molecule has 6 heteroatoms. The van der Waals surface area contributed by atoms with Gasteiger partial charge in [-0.1, -0.05) is 214 Å². The van der Waals surface area contributed by atoms with Crippen LogP contribution in [-0.4, -0.2) is 37.2 Å². The van der Waals surface area contributed by atoms with Gasteiger partial charge in [-0.2, -0.15) is 0 Å². The minimum absolute atomic E-state index is 0.116. The van der Waals surface area contributed by atoms with Crippen molar-refractivity contribution in [2.45, 2.75) is 239 Å². The second-order valence-electron chi connectivity index (χ2n) is 17.1. The molecule has 0 aliphatic heterocycles. The Bertz CT molecular complexity index is 1300. The molecule has 0 heterocycles. The van der Waals surface area contributed by atoms with Crippen LogP contribution in [0.1, 0.15) is 233 Å². The van der Waals surface area contributed by atoms with E-state index in [4.69, 9.17) is 14.2 Å². The maximum Gasteiger partial charge on any atom is 0.306 e. The Morgan fingerprint density at radius 3 is 0.938 bits per heavy atom. The molecule has 0 aromatic heterocycles. The van der Waals surface area contributed by atoms with Gasteiger partial charge >= 0.3 is 17.9 Å². The van der Waals surface area contributed by atoms with Crippen molar-refractivity contribution >= 4 is 17.9 Å². The third kappa shape index (κ3) is 49.3. The van der Waals surface area contributed by atoms with E-state index in [1.807, 2.05) is 0 Å². The average molecular weight is 889 g/mol. The number of carbonyl (C=O) groups excluding carboxylic acids is 3. The molecule has 0 aliphatic rings. The zero-order chi connectivity index (χ0) is 46.5. The molecule has 0 bridgehead atoms. The monoisotopic (exact) mass is 889 g/mol. The van der Waals surface area contributed by atoms with Gasteiger partial charge in [0.15, 0.2) is 6.10 Å². The van der Waals surface area contributed by atoms with Gasteiger partial charge in [0.2, 0.25) is 0 Å². The Morgan fingerprint density at radius 2 is 0.578 bits per heavy atom. The third-order valence-electron chi connectivity index (χ3n) is 10.8. The molecule has 0 aromatic carbocycles. The first-order chi connectivity index (χ1) is 31.5. The Balaban J connectivity index is 4.57. The summed E-state index contributed by atoms with van der Waals surface area (Å²) in [5.41, 5.74) is 0. The highest BCUT2D eigenvalue weighted by Gasteiger charge is 2.19. The fraction of sp³-hybridized carbons (Fsp3) is 0.672. The lowest BCUT2D eigenvalue weighted by Gasteiger charge is -2.18. The SMILES string of the molecule is CCCCC/C=C\C/C=C\C/C=C\C/C=C\CCCC(=O)OC[C@@H](COC(=O)CCCCCCCCCCCCCC)OC(=O)CCC/C=C\C/C=C\C/C=C\C/C=C\CCCCC. The van der Waals surface area contributed by atoms with E-state index in [2.05, 4.69) is 118 Å². The predicted octanol–water partition coefficient (Wildman–Crippen LogP) is 17.4. The van der Waals surface area contributed by atoms with E-state index in [-0.39, 0.29) is 44.0 Å². The average Bonchev–Trinajstić information content (AvgIpc) is 3.29. The lowest BCUT2D eigenvalue weighted by molar-refractivity contribution is -0.167. The van der Waals surface area contributed by atoms with E-state index >= 15 is 0 Å². The predicted molar refractivity (Wildman–Crippen MR) is 274 cm³/mol. The zero-order valence-corrected chi connectivity index (χ0v) is 41.5. The zero-order valence-electron chi connectivity index (χ0n) is 41.5. The normalized spacial score (nSPS) is 12.9. The van der Waals surface area contributed by atoms with Crippen LogP contribution in [0.2, 0.25) is 0 Å². The van der Waals surface area contributed by atoms with E-state index in [1.54, 1.807) is 0 Å². The standard InChI is InChI=1S/C58H96O6/c1-4-7-10-13-16-19-22-25-27-29-31-33-36-39-42-45-48-51-57(60)63-54-55(53-62-56(59)50-47-44-41-38-35-24-21-18-15-12-9-6-3)64-58(61)52-49-46-43-40-37-34-32-30-28-26-23-20-17-14-11-8-5-2/h16-17,19-20,25-28,31-34,39-40,42-43,55H,4-15,18,21-24,29-30,35-38,41,44-54H2,1-3H3/b19-16-,20-17-,27-25-,28-26-,33-31-,34-32-,42-39-,43-40-/t55-/m1/s1. The Kier molecular flexibility index (Phi) is 49.0. The van der Waals surface area contributed by atoms with Crippen molar-refractivity contribution in [3.05, 3.63) is 97.2 Å². The summed E-state index contributed by atoms with van der Waals surface area (Å²) in [5.74, 6) is -1.03. The van der Waals surface area contributed by atoms with Gasteiger partial charge in [-0.3, -0.25) is 14.4 Å². The molecule has 0 fully saturated rings. The molecular formula is C58H96O6. The van der Waals surface area contributed by atoms with E-state index in [1.165, 1.54) is 109 Å². The molecule has 0 rings (SSSR count). The number of rotatable bonds is 46. The fourth-order valence-electron chi connectivity index (χ4n) is 6.84. The molecule has 0 aliphatic carbocycles. The molecule has 0 N–H and O–H groups in total. The quantitative estimate of drug-likeness (QED) is 0.0262. The second kappa shape index (κ2) is 52.0. The number of hydrogen-bond acceptors (Lipinski definition) is 6. The second-order valence-corrected chi connectivity index (χ2v) is 17.1. The van der Waals surface area contributed by atoms with Crippen molar-refractivity contribution in [1.29, 1.82) is 0 Å². The Labute approximate surface area is 394 Å². The molecule has 0 spiro atoms. The van der Waals surface area contributed by atoms with Gasteiger partial charge in [-0.15, -0.1) is 0 Å². The van der Waals surface area contributed by atoms with Crippen LogP contribution in [0.15, 0.2) is 97.2 Å². The lowest BCUT2D eigenvalue weighted by Crippen LogP contribution is -2.30. The molecule has 0 radical (unpaired) electrons. The first-order valence-corrected chi connectivity index (χ1v) is 26.2. The summed E-state index contributed by atoms with van der Waals surface area (Å²) in [7, 11) is 0. The number of allylic oxidation sites excluding steroid dienone is 16. The van der Waals surface area contributed by atoms with Crippen LogP contribution in [0.3, 0.4) is 0 Å². The van der Waals surface area contributed by atoms with Crippen LogP contribution >= 0.6 is 0 Å². The highest BCUT2D eigenvalue weighted by atomic mass is 16.6. The van der Waals surface area contributed by atoms with Gasteiger partial charge in [0, 0.05) is 19.3 Å². The Morgan fingerprint density at radius 1 is 0.312 bits per heavy atom. The summed E-state index contributed by atoms with van der Waals surface area (Å²) < 4.78 is 16.7. The van der Waals surface area contributed by atoms with Crippen molar-refractivity contribution in [2.75, 3.05) is 13.2 Å². The van der Waals surface area contributed by atoms with Gasteiger partial charge < -0.3 is 14.2 Å². The van der Waals surface area contributed by atoms with Gasteiger partial charge in [0.1, 0.15) is 13.2 Å². The smallest absolute Gasteiger partial charge is 0.306 e. The molecule has 364 valence electrons. The molecule has 0 aromatic rings. The maximum absolute atomic E-state index is 12.8. The van der Waals surface area contributed by atoms with Crippen LogP contribution in [0.5, 0.6) is 0 Å². The number of carbonyl (C=O) groups is 3. The molecule has 0 unspecified atom stereocenters. The van der Waals surface area contributed by atoms with Crippen molar-refractivity contribution in [3.8, 4) is 0 Å². The maximum atomic E-state index is 12.8. The lowest BCUT2D eigenvalue weighted by atomic mass is 10.0. The minimum atomic E-state index is -0.826. The van der Waals surface area contributed by atoms with Crippen molar-refractivity contribution < 1.29 is 28.6 Å². The first-order valence-electron chi connectivity index (χ1n) is 26.2. The van der Waals surface area contributed by atoms with Crippen molar-refractivity contribution in [1.82, 2.24) is 0 Å². The molecule has 64 heavy (non-hydrogen) atoms. The van der Waals surface area contributed by atoms with Crippen LogP contribution in [-0.2, 0) is 28.6 Å². The van der Waals surface area contributed by atoms with Crippen LogP contribution in [0.25, 0.3) is 0 Å². The van der Waals surface area contributed by atoms with E-state index < -0.39 is 6.10 Å². The molecule has 0 saturated heterocycles. The van der Waals surface area contributed by atoms with Crippen molar-refractivity contribution in [3.63, 3.8) is 0 Å². The van der Waals surface area contributed by atoms with E-state index in [9.17, 15) is 14.4 Å². The highest BCUT2D eigenvalue weighted by Crippen LogP contribution is 2.14. The fourth-order valence-corrected chi connectivity index (χ4v) is 6.84. The minimum Gasteiger partial charge on any atom is -0.462 e. The van der Waals surface area contributed by atoms with Crippen LogP contribution < -0.4 is 0 Å². The van der Waals surface area contributed by atoms with Crippen LogP contribution in [0.4, 0.5) is 0 Å². The molecule has 0 amide bonds. The Hall–Kier alpha value is -3.67. The summed E-state index contributed by atoms with van der Waals surface area (Å²) in [6, 6.07) is 0. The third-order valence-corrected chi connectivity index (χ3v) is 10.8. The van der Waals surface area contributed by atoms with Gasteiger partial charge in [-0.25, -0.2) is 0 Å². The topological polar surface area (TPSA) is 78.9 Å². The van der Waals surface area contributed by atoms with Gasteiger partial charge in [0.25, 0.3) is 0 Å². The van der Waals surface area contributed by atoms with Gasteiger partial charge in [0.05, 0.1) is 0 Å². The molecule has 1 atom stereocenters. The molecule has 0 saturated carbocycles. The van der Waals surface area contributed by atoms with Gasteiger partial charge in [-0.05, 0) is 96.3 Å². The summed E-state index contributed by atoms with van der Waals surface area (Å²) in [5, 5.41) is 0. The highest BCUT2D eigenvalue weighted by molar-refractivity contribution is 5.71. The van der Waals surface area contributed by atoms with Crippen molar-refractivity contribution in [2.24, 2.45) is 0 Å². The van der Waals surface area contributed by atoms with Crippen LogP contribution in [0, 0.1) is 0 Å². The number of unbranched alkanes of at least 4 members (excludes halogenated alkanes) is 19. The number of esters is 3. The largest absolute Gasteiger partial charge is 0.462 e. The van der Waals surface area contributed by atoms with E-state index in [0.717, 1.165) is 70.6 Å². The number of hydrogen-bond donors (Lipinski definition) is 0. The number of ether oxygens (including phenoxy) is 3. The van der Waals surface area contributed by atoms with E-state index in [0.29, 0.717) is 19.3 Å². The molecule has 6 nitrogen and oxygen atoms in total. The molecular weight excluding hydrogens is 793 g/mol. The summed E-state index contributed by atoms with van der Waals surface area (Å²) in [6.45, 7) is 6.48. The first kappa shape index (κ1) is 60.3. The summed E-state index contributed by atoms with van der Waals surface area (Å²) >= 11 is 0. The summed E-state index contributed by atoms with van der Waals surface area (Å²) in [4.78, 5) is 37.9.